The summed E-state index contributed by atoms with van der Waals surface area (Å²) in [6.07, 6.45) is 0. The van der Waals surface area contributed by atoms with Crippen molar-refractivity contribution < 1.29 is 13.2 Å². The van der Waals surface area contributed by atoms with Gasteiger partial charge in [-0.3, -0.25) is 4.99 Å². The number of aliphatic imine (C=N–C) groups is 1. The summed E-state index contributed by atoms with van der Waals surface area (Å²) in [5.41, 5.74) is 1.14. The van der Waals surface area contributed by atoms with Crippen LogP contribution in [0.2, 0.25) is 0 Å². The topological polar surface area (TPSA) is 91.8 Å². The molecule has 0 fully saturated rings. The average Bonchev–Trinajstić information content (AvgIpc) is 3.21. The highest BCUT2D eigenvalue weighted by Crippen LogP contribution is 2.14. The molecule has 0 amide bonds. The maximum absolute atomic E-state index is 12.0. The summed E-state index contributed by atoms with van der Waals surface area (Å²) in [6.45, 7) is 5.00. The van der Waals surface area contributed by atoms with E-state index >= 15 is 0 Å². The van der Waals surface area contributed by atoms with Crippen LogP contribution >= 0.6 is 11.3 Å². The van der Waals surface area contributed by atoms with Crippen LogP contribution in [0.5, 0.6) is 0 Å². The highest BCUT2D eigenvalue weighted by molar-refractivity contribution is 7.91. The lowest BCUT2D eigenvalue weighted by Gasteiger charge is -2.12. The largest absolute Gasteiger partial charge is 0.375 e. The van der Waals surface area contributed by atoms with Gasteiger partial charge in [-0.25, -0.2) is 13.1 Å². The summed E-state index contributed by atoms with van der Waals surface area (Å²) in [4.78, 5) is 4.37. The molecule has 3 N–H and O–H groups in total. The molecule has 1 heterocycles. The van der Waals surface area contributed by atoms with E-state index in [4.69, 9.17) is 4.74 Å². The summed E-state index contributed by atoms with van der Waals surface area (Å²) < 4.78 is 32.5. The fourth-order valence-electron chi connectivity index (χ4n) is 2.18. The van der Waals surface area contributed by atoms with Crippen molar-refractivity contribution in [2.24, 2.45) is 4.99 Å². The molecule has 0 aliphatic rings. The molecule has 0 atom stereocenters. The number of benzene rings is 1. The predicted molar refractivity (Wildman–Crippen MR) is 110 cm³/mol. The summed E-state index contributed by atoms with van der Waals surface area (Å²) in [6, 6.07) is 13.3. The maximum atomic E-state index is 12.0. The molecular formula is C18H26N4O3S2. The van der Waals surface area contributed by atoms with Crippen LogP contribution in [0.1, 0.15) is 12.5 Å². The number of guanidine groups is 1. The number of thiophene rings is 1. The Bertz CT molecular complexity index is 778. The Balaban J connectivity index is 1.67. The molecule has 27 heavy (non-hydrogen) atoms. The van der Waals surface area contributed by atoms with Crippen LogP contribution in [0.4, 0.5) is 0 Å². The van der Waals surface area contributed by atoms with Crippen molar-refractivity contribution >= 4 is 27.3 Å². The molecule has 1 aromatic carbocycles. The van der Waals surface area contributed by atoms with Gasteiger partial charge in [-0.1, -0.05) is 36.4 Å². The fourth-order valence-corrected chi connectivity index (χ4v) is 4.24. The normalized spacial score (nSPS) is 12.1. The average molecular weight is 411 g/mol. The van der Waals surface area contributed by atoms with E-state index in [0.717, 1.165) is 12.1 Å². The van der Waals surface area contributed by atoms with Gasteiger partial charge < -0.3 is 15.4 Å². The molecule has 2 aromatic rings. The molecular weight excluding hydrogens is 384 g/mol. The van der Waals surface area contributed by atoms with Gasteiger partial charge in [0.2, 0.25) is 10.0 Å². The van der Waals surface area contributed by atoms with Crippen LogP contribution in [-0.4, -0.2) is 47.2 Å². The zero-order valence-electron chi connectivity index (χ0n) is 15.3. The number of rotatable bonds is 11. The van der Waals surface area contributed by atoms with E-state index in [9.17, 15) is 8.42 Å². The molecule has 0 bridgehead atoms. The van der Waals surface area contributed by atoms with E-state index < -0.39 is 10.0 Å². The molecule has 0 saturated heterocycles. The molecule has 0 unspecified atom stereocenters. The highest BCUT2D eigenvalue weighted by atomic mass is 32.2. The first-order valence-electron chi connectivity index (χ1n) is 8.79. The van der Waals surface area contributed by atoms with Gasteiger partial charge in [-0.15, -0.1) is 11.3 Å². The van der Waals surface area contributed by atoms with E-state index in [1.54, 1.807) is 17.5 Å². The third-order valence-corrected chi connectivity index (χ3v) is 6.29. The molecule has 7 nitrogen and oxygen atoms in total. The number of ether oxygens (including phenoxy) is 1. The minimum absolute atomic E-state index is 0.237. The smallest absolute Gasteiger partial charge is 0.250 e. The first-order valence-corrected chi connectivity index (χ1v) is 11.1. The maximum Gasteiger partial charge on any atom is 0.250 e. The molecule has 148 valence electrons. The Labute approximate surface area is 164 Å². The molecule has 0 aliphatic carbocycles. The van der Waals surface area contributed by atoms with Gasteiger partial charge in [-0.05, 0) is 23.9 Å². The zero-order chi connectivity index (χ0) is 19.4. The SMILES string of the molecule is CCNC(=NCCNS(=O)(=O)c1cccs1)NCCOCc1ccccc1. The monoisotopic (exact) mass is 410 g/mol. The van der Waals surface area contributed by atoms with E-state index in [1.807, 2.05) is 37.3 Å². The first kappa shape index (κ1) is 21.4. The second-order valence-corrected chi connectivity index (χ2v) is 8.50. The van der Waals surface area contributed by atoms with Crippen molar-refractivity contribution in [2.45, 2.75) is 17.7 Å². The van der Waals surface area contributed by atoms with Crippen LogP contribution in [0.15, 0.2) is 57.0 Å². The minimum atomic E-state index is -3.44. The van der Waals surface area contributed by atoms with Crippen molar-refractivity contribution in [1.82, 2.24) is 15.4 Å². The van der Waals surface area contributed by atoms with Gasteiger partial charge in [0.05, 0.1) is 19.8 Å². The highest BCUT2D eigenvalue weighted by Gasteiger charge is 2.13. The summed E-state index contributed by atoms with van der Waals surface area (Å²) in [5.74, 6) is 0.635. The Kier molecular flexibility index (Phi) is 9.26. The minimum Gasteiger partial charge on any atom is -0.375 e. The van der Waals surface area contributed by atoms with Crippen molar-refractivity contribution in [1.29, 1.82) is 0 Å². The number of nitrogens with zero attached hydrogens (tertiary/aromatic N) is 1. The van der Waals surface area contributed by atoms with Crippen molar-refractivity contribution in [3.63, 3.8) is 0 Å². The van der Waals surface area contributed by atoms with Crippen molar-refractivity contribution in [3.8, 4) is 0 Å². The quantitative estimate of drug-likeness (QED) is 0.298. The van der Waals surface area contributed by atoms with Crippen LogP contribution in [-0.2, 0) is 21.4 Å². The summed E-state index contributed by atoms with van der Waals surface area (Å²) in [7, 11) is -3.44. The third-order valence-electron chi connectivity index (χ3n) is 3.43. The van der Waals surface area contributed by atoms with E-state index in [1.165, 1.54) is 11.3 Å². The van der Waals surface area contributed by atoms with Gasteiger partial charge in [0.25, 0.3) is 0 Å². The van der Waals surface area contributed by atoms with Gasteiger partial charge >= 0.3 is 0 Å². The molecule has 0 saturated carbocycles. The fraction of sp³-hybridized carbons (Fsp3) is 0.389. The molecule has 2 rings (SSSR count). The van der Waals surface area contributed by atoms with Crippen LogP contribution in [0, 0.1) is 0 Å². The molecule has 0 spiro atoms. The number of hydrogen-bond acceptors (Lipinski definition) is 5. The Morgan fingerprint density at radius 3 is 2.63 bits per heavy atom. The lowest BCUT2D eigenvalue weighted by Crippen LogP contribution is -2.39. The first-order chi connectivity index (χ1) is 13.1. The molecule has 1 aromatic heterocycles. The lowest BCUT2D eigenvalue weighted by atomic mass is 10.2. The lowest BCUT2D eigenvalue weighted by molar-refractivity contribution is 0.125. The number of sulfonamides is 1. The Morgan fingerprint density at radius 1 is 1.11 bits per heavy atom. The number of hydrogen-bond donors (Lipinski definition) is 3. The second-order valence-electron chi connectivity index (χ2n) is 5.56. The molecule has 0 radical (unpaired) electrons. The molecule has 9 heteroatoms. The standard InChI is InChI=1S/C18H26N4O3S2/c1-2-19-18(21-12-13-25-15-16-7-4-3-5-8-16)20-10-11-22-27(23,24)17-9-6-14-26-17/h3-9,14,22H,2,10-13,15H2,1H3,(H2,19,20,21). The summed E-state index contributed by atoms with van der Waals surface area (Å²) in [5, 5.41) is 8.03. The van der Waals surface area contributed by atoms with Crippen LogP contribution in [0.3, 0.4) is 0 Å². The van der Waals surface area contributed by atoms with E-state index in [2.05, 4.69) is 20.3 Å². The predicted octanol–water partition coefficient (Wildman–Crippen LogP) is 1.80. The van der Waals surface area contributed by atoms with Gasteiger partial charge in [0.1, 0.15) is 4.21 Å². The van der Waals surface area contributed by atoms with Gasteiger partial charge in [0.15, 0.2) is 5.96 Å². The zero-order valence-corrected chi connectivity index (χ0v) is 17.0. The van der Waals surface area contributed by atoms with Gasteiger partial charge in [0, 0.05) is 19.6 Å². The second kappa shape index (κ2) is 11.7. The van der Waals surface area contributed by atoms with E-state index in [0.29, 0.717) is 36.5 Å². The van der Waals surface area contributed by atoms with Crippen molar-refractivity contribution in [3.05, 3.63) is 53.4 Å². The molecule has 0 aliphatic heterocycles. The van der Waals surface area contributed by atoms with Crippen molar-refractivity contribution in [2.75, 3.05) is 32.8 Å². The third kappa shape index (κ3) is 8.08. The number of nitrogens with one attached hydrogen (secondary N) is 3. The van der Waals surface area contributed by atoms with Crippen LogP contribution < -0.4 is 15.4 Å². The van der Waals surface area contributed by atoms with Crippen LogP contribution in [0.25, 0.3) is 0 Å². The summed E-state index contributed by atoms with van der Waals surface area (Å²) >= 11 is 1.19. The van der Waals surface area contributed by atoms with E-state index in [-0.39, 0.29) is 6.54 Å². The van der Waals surface area contributed by atoms with Gasteiger partial charge in [-0.2, -0.15) is 0 Å². The Morgan fingerprint density at radius 2 is 1.93 bits per heavy atom. The Hall–Kier alpha value is -1.94.